The molecule has 0 aromatic carbocycles. The van der Waals surface area contributed by atoms with Crippen molar-refractivity contribution in [2.24, 2.45) is 0 Å². The summed E-state index contributed by atoms with van der Waals surface area (Å²) in [6.45, 7) is 1.99. The van der Waals surface area contributed by atoms with Crippen molar-refractivity contribution < 1.29 is 19.5 Å². The zero-order chi connectivity index (χ0) is 15.2. The van der Waals surface area contributed by atoms with Crippen LogP contribution in [0.15, 0.2) is 10.9 Å². The molecule has 0 aliphatic rings. The Morgan fingerprint density at radius 3 is 2.90 bits per heavy atom. The molecule has 0 aliphatic heterocycles. The highest BCUT2D eigenvalue weighted by Gasteiger charge is 2.11. The maximum atomic E-state index is 11.6. The third-order valence-electron chi connectivity index (χ3n) is 2.41. The van der Waals surface area contributed by atoms with Crippen molar-refractivity contribution in [3.8, 4) is 0 Å². The van der Waals surface area contributed by atoms with Crippen molar-refractivity contribution in [1.29, 1.82) is 0 Å². The number of aromatic nitrogens is 2. The summed E-state index contributed by atoms with van der Waals surface area (Å²) in [5.74, 6) is -0.574. The Balaban J connectivity index is 1.82. The molecule has 10 heteroatoms. The second kappa shape index (κ2) is 7.11. The molecule has 0 saturated heterocycles. The van der Waals surface area contributed by atoms with Crippen LogP contribution in [-0.4, -0.2) is 27.2 Å². The Hall–Kier alpha value is -2.04. The van der Waals surface area contributed by atoms with Crippen molar-refractivity contribution in [2.75, 3.05) is 5.32 Å². The van der Waals surface area contributed by atoms with Gasteiger partial charge >= 0.3 is 6.09 Å². The monoisotopic (exact) mass is 328 g/mol. The molecular weight excluding hydrogens is 316 g/mol. The van der Waals surface area contributed by atoms with Crippen LogP contribution in [-0.2, 0) is 22.6 Å². The van der Waals surface area contributed by atoms with Crippen molar-refractivity contribution in [3.63, 3.8) is 0 Å². The maximum Gasteiger partial charge on any atom is 0.413 e. The number of hydrogen-bond donors (Lipinski definition) is 3. The number of anilines is 1. The fraction of sp³-hybridized carbons (Fsp3) is 0.273. The molecule has 0 aliphatic carbocycles. The Morgan fingerprint density at radius 1 is 1.43 bits per heavy atom. The number of ether oxygens (including phenoxy) is 1. The summed E-state index contributed by atoms with van der Waals surface area (Å²) in [7, 11) is 0. The van der Waals surface area contributed by atoms with Gasteiger partial charge < -0.3 is 4.74 Å². The lowest BCUT2D eigenvalue weighted by molar-refractivity contribution is -0.128. The van der Waals surface area contributed by atoms with Gasteiger partial charge in [0.25, 0.3) is 0 Å². The quantitative estimate of drug-likeness (QED) is 0.569. The summed E-state index contributed by atoms with van der Waals surface area (Å²) in [5, 5.41) is 12.8. The first-order valence-electron chi connectivity index (χ1n) is 5.78. The van der Waals surface area contributed by atoms with Gasteiger partial charge in [0.15, 0.2) is 5.13 Å². The molecule has 2 rings (SSSR count). The highest BCUT2D eigenvalue weighted by atomic mass is 32.1. The SMILES string of the molecule is Cc1ncsc1COC(=O)Nc1nc(CC(=O)NO)cs1. The number of nitrogens with zero attached hydrogens (tertiary/aromatic N) is 2. The fourth-order valence-electron chi connectivity index (χ4n) is 1.37. The predicted octanol–water partition coefficient (Wildman–Crippen LogP) is 1.70. The van der Waals surface area contributed by atoms with E-state index in [1.165, 1.54) is 16.8 Å². The van der Waals surface area contributed by atoms with Gasteiger partial charge in [0.1, 0.15) is 6.61 Å². The first-order chi connectivity index (χ1) is 10.1. The molecule has 0 bridgehead atoms. The molecule has 0 saturated carbocycles. The van der Waals surface area contributed by atoms with E-state index in [1.54, 1.807) is 10.9 Å². The number of aryl methyl sites for hydroxylation is 1. The minimum atomic E-state index is -0.629. The Morgan fingerprint density at radius 2 is 2.24 bits per heavy atom. The Labute approximate surface area is 127 Å². The van der Waals surface area contributed by atoms with Gasteiger partial charge in [-0.3, -0.25) is 15.3 Å². The molecule has 3 N–H and O–H groups in total. The van der Waals surface area contributed by atoms with E-state index in [9.17, 15) is 9.59 Å². The minimum absolute atomic E-state index is 0.0657. The van der Waals surface area contributed by atoms with Crippen LogP contribution >= 0.6 is 22.7 Å². The molecule has 8 nitrogen and oxygen atoms in total. The Kier molecular flexibility index (Phi) is 5.20. The van der Waals surface area contributed by atoms with E-state index in [0.29, 0.717) is 10.8 Å². The number of carbonyl (C=O) groups excluding carboxylic acids is 2. The fourth-order valence-corrected chi connectivity index (χ4v) is 2.75. The lowest BCUT2D eigenvalue weighted by atomic mass is 10.3. The summed E-state index contributed by atoms with van der Waals surface area (Å²) in [5.41, 5.74) is 4.48. The van der Waals surface area contributed by atoms with Crippen molar-refractivity contribution in [3.05, 3.63) is 27.2 Å². The van der Waals surface area contributed by atoms with Gasteiger partial charge in [-0.1, -0.05) is 0 Å². The maximum absolute atomic E-state index is 11.6. The number of hydrogen-bond acceptors (Lipinski definition) is 8. The normalized spacial score (nSPS) is 10.2. The summed E-state index contributed by atoms with van der Waals surface area (Å²) in [4.78, 5) is 31.5. The van der Waals surface area contributed by atoms with Gasteiger partial charge in [0.2, 0.25) is 5.91 Å². The first-order valence-corrected chi connectivity index (χ1v) is 7.54. The van der Waals surface area contributed by atoms with Crippen molar-refractivity contribution in [1.82, 2.24) is 15.4 Å². The largest absolute Gasteiger partial charge is 0.443 e. The second-order valence-electron chi connectivity index (χ2n) is 3.92. The van der Waals surface area contributed by atoms with Gasteiger partial charge in [-0.25, -0.2) is 20.2 Å². The zero-order valence-electron chi connectivity index (χ0n) is 11.0. The lowest BCUT2D eigenvalue weighted by Gasteiger charge is -2.03. The molecule has 0 spiro atoms. The molecule has 2 amide bonds. The average molecular weight is 328 g/mol. The standard InChI is InChI=1S/C11H12N4O4S2/c1-6-8(21-5-12-6)3-19-11(17)14-10-13-7(4-20-10)2-9(16)15-18/h4-5,18H,2-3H2,1H3,(H,15,16)(H,13,14,17). The average Bonchev–Trinajstić information content (AvgIpc) is 3.05. The molecule has 2 heterocycles. The van der Waals surface area contributed by atoms with E-state index in [1.807, 2.05) is 6.92 Å². The summed E-state index contributed by atoms with van der Waals surface area (Å²) < 4.78 is 5.05. The zero-order valence-corrected chi connectivity index (χ0v) is 12.6. The number of carbonyl (C=O) groups is 2. The van der Waals surface area contributed by atoms with Gasteiger partial charge in [-0.05, 0) is 6.92 Å². The minimum Gasteiger partial charge on any atom is -0.443 e. The van der Waals surface area contributed by atoms with Gasteiger partial charge in [-0.2, -0.15) is 0 Å². The van der Waals surface area contributed by atoms with Gasteiger partial charge in [-0.15, -0.1) is 22.7 Å². The number of amides is 2. The van der Waals surface area contributed by atoms with Gasteiger partial charge in [0.05, 0.1) is 28.2 Å². The molecule has 2 aromatic heterocycles. The van der Waals surface area contributed by atoms with E-state index in [4.69, 9.17) is 9.94 Å². The summed E-state index contributed by atoms with van der Waals surface area (Å²) in [6.07, 6.45) is -0.695. The third kappa shape index (κ3) is 4.48. The predicted molar refractivity (Wildman–Crippen MR) is 76.4 cm³/mol. The molecule has 2 aromatic rings. The van der Waals surface area contributed by atoms with Crippen LogP contribution in [0.4, 0.5) is 9.93 Å². The van der Waals surface area contributed by atoms with Crippen LogP contribution in [0.5, 0.6) is 0 Å². The highest BCUT2D eigenvalue weighted by Crippen LogP contribution is 2.17. The number of thiazole rings is 2. The first kappa shape index (κ1) is 15.4. The number of nitrogens with one attached hydrogen (secondary N) is 2. The van der Waals surface area contributed by atoms with Gasteiger partial charge in [0, 0.05) is 5.38 Å². The van der Waals surface area contributed by atoms with E-state index >= 15 is 0 Å². The molecule has 0 unspecified atom stereocenters. The Bertz CT molecular complexity index is 640. The van der Waals surface area contributed by atoms with E-state index in [2.05, 4.69) is 15.3 Å². The summed E-state index contributed by atoms with van der Waals surface area (Å²) >= 11 is 2.58. The molecule has 0 fully saturated rings. The number of rotatable bonds is 5. The van der Waals surface area contributed by atoms with Crippen LogP contribution in [0.2, 0.25) is 0 Å². The van der Waals surface area contributed by atoms with E-state index in [0.717, 1.165) is 21.9 Å². The van der Waals surface area contributed by atoms with Crippen molar-refractivity contribution in [2.45, 2.75) is 20.0 Å². The molecule has 21 heavy (non-hydrogen) atoms. The van der Waals surface area contributed by atoms with E-state index in [-0.39, 0.29) is 13.0 Å². The molecule has 0 radical (unpaired) electrons. The molecular formula is C11H12N4O4S2. The van der Waals surface area contributed by atoms with E-state index < -0.39 is 12.0 Å². The topological polar surface area (TPSA) is 113 Å². The highest BCUT2D eigenvalue weighted by molar-refractivity contribution is 7.13. The van der Waals surface area contributed by atoms with Crippen LogP contribution < -0.4 is 10.8 Å². The van der Waals surface area contributed by atoms with Crippen LogP contribution in [0.1, 0.15) is 16.3 Å². The van der Waals surface area contributed by atoms with Crippen LogP contribution in [0, 0.1) is 6.92 Å². The lowest BCUT2D eigenvalue weighted by Crippen LogP contribution is -2.20. The van der Waals surface area contributed by atoms with Crippen LogP contribution in [0.3, 0.4) is 0 Å². The second-order valence-corrected chi connectivity index (χ2v) is 5.72. The van der Waals surface area contributed by atoms with Crippen LogP contribution in [0.25, 0.3) is 0 Å². The molecule has 112 valence electrons. The third-order valence-corrected chi connectivity index (χ3v) is 4.12. The smallest absolute Gasteiger partial charge is 0.413 e. The summed E-state index contributed by atoms with van der Waals surface area (Å²) in [6, 6.07) is 0. The molecule has 0 atom stereocenters. The number of hydroxylamine groups is 1. The van der Waals surface area contributed by atoms with Crippen molar-refractivity contribution >= 4 is 39.8 Å².